The molecule has 1 aliphatic heterocycles. The maximum atomic E-state index is 4.21. The Labute approximate surface area is 97.5 Å². The lowest BCUT2D eigenvalue weighted by molar-refractivity contribution is 0.365. The van der Waals surface area contributed by atoms with Gasteiger partial charge in [0, 0.05) is 12.7 Å². The van der Waals surface area contributed by atoms with Crippen LogP contribution in [-0.2, 0) is 0 Å². The molecule has 0 bridgehead atoms. The molecule has 0 unspecified atom stereocenters. The zero-order valence-corrected chi connectivity index (χ0v) is 10.5. The molecule has 0 aliphatic carbocycles. The standard InChI is InChI=1S/C13H19N3/c1-7-13(9(2)3)16-11(5)12(14-6)8-10(4)15-16/h7-8,15H,2,5H2,1,3-4,6H3/b13-7-,14-12?. The summed E-state index contributed by atoms with van der Waals surface area (Å²) in [7, 11) is 1.77. The topological polar surface area (TPSA) is 27.6 Å². The third kappa shape index (κ3) is 2.24. The summed E-state index contributed by atoms with van der Waals surface area (Å²) in [6.45, 7) is 14.0. The van der Waals surface area contributed by atoms with Crippen LogP contribution in [0.2, 0.25) is 0 Å². The van der Waals surface area contributed by atoms with Crippen LogP contribution in [0.4, 0.5) is 0 Å². The van der Waals surface area contributed by atoms with Gasteiger partial charge in [-0.15, -0.1) is 0 Å². The fourth-order valence-electron chi connectivity index (χ4n) is 1.64. The third-order valence-corrected chi connectivity index (χ3v) is 2.40. The highest BCUT2D eigenvalue weighted by Gasteiger charge is 2.20. The van der Waals surface area contributed by atoms with E-state index in [0.717, 1.165) is 28.4 Å². The molecule has 0 aromatic heterocycles. The molecule has 1 N–H and O–H groups in total. The van der Waals surface area contributed by atoms with Gasteiger partial charge in [0.05, 0.1) is 17.1 Å². The van der Waals surface area contributed by atoms with E-state index in [2.05, 4.69) is 23.6 Å². The van der Waals surface area contributed by atoms with Crippen molar-refractivity contribution in [3.05, 3.63) is 48.0 Å². The summed E-state index contributed by atoms with van der Waals surface area (Å²) in [5.41, 5.74) is 8.01. The molecule has 0 aromatic rings. The number of aliphatic imine (C=N–C) groups is 1. The molecule has 0 amide bonds. The first-order valence-corrected chi connectivity index (χ1v) is 5.24. The van der Waals surface area contributed by atoms with Crippen LogP contribution >= 0.6 is 0 Å². The van der Waals surface area contributed by atoms with Crippen LogP contribution in [0.1, 0.15) is 20.8 Å². The highest BCUT2D eigenvalue weighted by atomic mass is 15.5. The lowest BCUT2D eigenvalue weighted by atomic mass is 10.1. The van der Waals surface area contributed by atoms with E-state index in [-0.39, 0.29) is 0 Å². The minimum atomic E-state index is 0.837. The normalized spacial score (nSPS) is 19.6. The molecule has 0 spiro atoms. The molecule has 0 fully saturated rings. The Balaban J connectivity index is 3.14. The van der Waals surface area contributed by atoms with Gasteiger partial charge >= 0.3 is 0 Å². The Bertz CT molecular complexity index is 411. The number of hydrogen-bond donors (Lipinski definition) is 1. The molecule has 86 valence electrons. The van der Waals surface area contributed by atoms with Gasteiger partial charge in [0.2, 0.25) is 0 Å². The SMILES string of the molecule is C=C(C)/C(=C/C)N1NC(C)=CC(=NC)C1=C. The van der Waals surface area contributed by atoms with E-state index in [0.29, 0.717) is 0 Å². The molecule has 3 nitrogen and oxygen atoms in total. The molecule has 1 rings (SSSR count). The van der Waals surface area contributed by atoms with Crippen molar-refractivity contribution in [2.75, 3.05) is 7.05 Å². The molecule has 16 heavy (non-hydrogen) atoms. The molecular formula is C13H19N3. The van der Waals surface area contributed by atoms with Gasteiger partial charge in [-0.05, 0) is 32.4 Å². The molecule has 1 aliphatic rings. The predicted octanol–water partition coefficient (Wildman–Crippen LogP) is 2.77. The molecule has 0 aromatic carbocycles. The van der Waals surface area contributed by atoms with Crippen molar-refractivity contribution < 1.29 is 0 Å². The Hall–Kier alpha value is -1.77. The lowest BCUT2D eigenvalue weighted by Crippen LogP contribution is -2.41. The third-order valence-electron chi connectivity index (χ3n) is 2.40. The summed E-state index contributed by atoms with van der Waals surface area (Å²) in [6.07, 6.45) is 3.98. The van der Waals surface area contributed by atoms with Crippen LogP contribution in [0.3, 0.4) is 0 Å². The summed E-state index contributed by atoms with van der Waals surface area (Å²) >= 11 is 0. The second-order valence-electron chi connectivity index (χ2n) is 3.78. The van der Waals surface area contributed by atoms with E-state index in [9.17, 15) is 0 Å². The zero-order chi connectivity index (χ0) is 12.3. The van der Waals surface area contributed by atoms with Crippen molar-refractivity contribution >= 4 is 5.71 Å². The monoisotopic (exact) mass is 217 g/mol. The Kier molecular flexibility index (Phi) is 3.72. The van der Waals surface area contributed by atoms with Crippen molar-refractivity contribution in [3.8, 4) is 0 Å². The van der Waals surface area contributed by atoms with Gasteiger partial charge < -0.3 is 0 Å². The summed E-state index contributed by atoms with van der Waals surface area (Å²) in [5.74, 6) is 0. The van der Waals surface area contributed by atoms with Gasteiger partial charge in [-0.25, -0.2) is 0 Å². The highest BCUT2D eigenvalue weighted by Crippen LogP contribution is 2.21. The fraction of sp³-hybridized carbons (Fsp3) is 0.308. The van der Waals surface area contributed by atoms with Crippen LogP contribution in [0.15, 0.2) is 53.0 Å². The Morgan fingerprint density at radius 2 is 2.19 bits per heavy atom. The van der Waals surface area contributed by atoms with Crippen molar-refractivity contribution in [1.29, 1.82) is 0 Å². The summed E-state index contributed by atoms with van der Waals surface area (Å²) in [4.78, 5) is 4.21. The van der Waals surface area contributed by atoms with Crippen LogP contribution in [0.5, 0.6) is 0 Å². The van der Waals surface area contributed by atoms with Gasteiger partial charge in [-0.2, -0.15) is 0 Å². The first-order valence-electron chi connectivity index (χ1n) is 5.24. The molecule has 1 heterocycles. The molecule has 0 atom stereocenters. The van der Waals surface area contributed by atoms with E-state index < -0.39 is 0 Å². The maximum absolute atomic E-state index is 4.21. The van der Waals surface area contributed by atoms with Gasteiger partial charge in [0.25, 0.3) is 0 Å². The van der Waals surface area contributed by atoms with E-state index in [1.54, 1.807) is 7.05 Å². The van der Waals surface area contributed by atoms with Gasteiger partial charge in [-0.1, -0.05) is 19.2 Å². The summed E-state index contributed by atoms with van der Waals surface area (Å²) in [5, 5.41) is 1.92. The smallest absolute Gasteiger partial charge is 0.0839 e. The van der Waals surface area contributed by atoms with Crippen LogP contribution < -0.4 is 5.43 Å². The van der Waals surface area contributed by atoms with Crippen LogP contribution in [0.25, 0.3) is 0 Å². The van der Waals surface area contributed by atoms with Crippen molar-refractivity contribution in [2.24, 2.45) is 4.99 Å². The first kappa shape index (κ1) is 12.3. The highest BCUT2D eigenvalue weighted by molar-refractivity contribution is 6.08. The predicted molar refractivity (Wildman–Crippen MR) is 69.8 cm³/mol. The second-order valence-corrected chi connectivity index (χ2v) is 3.78. The average Bonchev–Trinajstić information content (AvgIpc) is 2.23. The number of nitrogens with one attached hydrogen (secondary N) is 1. The minimum Gasteiger partial charge on any atom is -0.298 e. The first-order chi connectivity index (χ1) is 7.51. The van der Waals surface area contributed by atoms with Gasteiger partial charge in [-0.3, -0.25) is 15.4 Å². The number of allylic oxidation sites excluding steroid dienone is 4. The van der Waals surface area contributed by atoms with Crippen molar-refractivity contribution in [1.82, 2.24) is 10.4 Å². The molecule has 0 saturated carbocycles. The van der Waals surface area contributed by atoms with Crippen LogP contribution in [-0.4, -0.2) is 17.8 Å². The summed E-state index contributed by atoms with van der Waals surface area (Å²) in [6, 6.07) is 0. The number of hydrogen-bond acceptors (Lipinski definition) is 3. The van der Waals surface area contributed by atoms with E-state index in [1.807, 2.05) is 37.9 Å². The average molecular weight is 217 g/mol. The Morgan fingerprint density at radius 3 is 2.62 bits per heavy atom. The number of nitrogens with zero attached hydrogens (tertiary/aromatic N) is 2. The molecule has 3 heteroatoms. The fourth-order valence-corrected chi connectivity index (χ4v) is 1.64. The quantitative estimate of drug-likeness (QED) is 0.720. The maximum Gasteiger partial charge on any atom is 0.0839 e. The van der Waals surface area contributed by atoms with Gasteiger partial charge in [0.15, 0.2) is 0 Å². The largest absolute Gasteiger partial charge is 0.298 e. The van der Waals surface area contributed by atoms with E-state index >= 15 is 0 Å². The zero-order valence-electron chi connectivity index (χ0n) is 10.5. The Morgan fingerprint density at radius 1 is 1.56 bits per heavy atom. The van der Waals surface area contributed by atoms with Crippen molar-refractivity contribution in [2.45, 2.75) is 20.8 Å². The van der Waals surface area contributed by atoms with Crippen molar-refractivity contribution in [3.63, 3.8) is 0 Å². The van der Waals surface area contributed by atoms with E-state index in [4.69, 9.17) is 0 Å². The molecule has 0 saturated heterocycles. The lowest BCUT2D eigenvalue weighted by Gasteiger charge is -2.34. The van der Waals surface area contributed by atoms with Gasteiger partial charge in [0.1, 0.15) is 0 Å². The second kappa shape index (κ2) is 4.84. The van der Waals surface area contributed by atoms with Crippen LogP contribution in [0, 0.1) is 0 Å². The number of hydrazine groups is 1. The molecular weight excluding hydrogens is 198 g/mol. The molecule has 0 radical (unpaired) electrons. The number of rotatable bonds is 2. The summed E-state index contributed by atoms with van der Waals surface area (Å²) < 4.78 is 0. The van der Waals surface area contributed by atoms with E-state index in [1.165, 1.54) is 0 Å². The minimum absolute atomic E-state index is 0.837.